The summed E-state index contributed by atoms with van der Waals surface area (Å²) in [4.78, 5) is 13.6. The van der Waals surface area contributed by atoms with Gasteiger partial charge in [-0.25, -0.2) is 9.18 Å². The molecule has 1 aliphatic rings. The van der Waals surface area contributed by atoms with Crippen LogP contribution in [0.15, 0.2) is 28.9 Å². The lowest BCUT2D eigenvalue weighted by atomic mass is 10.0. The van der Waals surface area contributed by atoms with Crippen LogP contribution in [0.4, 0.5) is 9.18 Å². The number of fused-ring (bicyclic) bond motifs is 1. The number of ether oxygens (including phenoxy) is 1. The monoisotopic (exact) mass is 397 g/mol. The molecule has 5 nitrogen and oxygen atoms in total. The second-order valence-electron chi connectivity index (χ2n) is 7.05. The molecule has 0 bridgehead atoms. The molecule has 1 aromatic carbocycles. The predicted molar refractivity (Wildman–Crippen MR) is 93.8 cm³/mol. The molecule has 1 saturated heterocycles. The summed E-state index contributed by atoms with van der Waals surface area (Å²) in [7, 11) is 0. The largest absolute Gasteiger partial charge is 0.444 e. The van der Waals surface area contributed by atoms with Crippen LogP contribution in [0.3, 0.4) is 0 Å². The number of hydrogen-bond acceptors (Lipinski definition) is 3. The summed E-state index contributed by atoms with van der Waals surface area (Å²) in [6, 6.07) is 7.33. The Balaban J connectivity index is 1.77. The zero-order valence-electron chi connectivity index (χ0n) is 14.0. The van der Waals surface area contributed by atoms with Gasteiger partial charge in [0.05, 0.1) is 18.1 Å². The first-order valence-electron chi connectivity index (χ1n) is 8.01. The summed E-state index contributed by atoms with van der Waals surface area (Å²) in [6.45, 7) is 5.88. The average Bonchev–Trinajstić information content (AvgIpc) is 2.83. The highest BCUT2D eigenvalue weighted by Crippen LogP contribution is 2.32. The van der Waals surface area contributed by atoms with Crippen LogP contribution in [0.1, 0.15) is 33.2 Å². The van der Waals surface area contributed by atoms with Crippen molar-refractivity contribution in [2.24, 2.45) is 0 Å². The number of rotatable bonds is 1. The van der Waals surface area contributed by atoms with E-state index in [-0.39, 0.29) is 12.6 Å². The standard InChI is InChI=1S/C17H21BrFN3O2/c1-17(2,3)24-16(23)21-9-8-14(12(19)10-21)22-13-7-5-4-6-11(13)15(18)20-22/h4-7,12,14H,8-10H2,1-3H3/t12-,14-/m0/s1. The van der Waals surface area contributed by atoms with Gasteiger partial charge in [0.1, 0.15) is 16.4 Å². The van der Waals surface area contributed by atoms with Gasteiger partial charge in [0.25, 0.3) is 0 Å². The summed E-state index contributed by atoms with van der Waals surface area (Å²) < 4.78 is 22.6. The number of aromatic nitrogens is 2. The van der Waals surface area contributed by atoms with Crippen LogP contribution in [0.5, 0.6) is 0 Å². The first-order valence-corrected chi connectivity index (χ1v) is 8.80. The van der Waals surface area contributed by atoms with Gasteiger partial charge in [-0.15, -0.1) is 0 Å². The van der Waals surface area contributed by atoms with Crippen LogP contribution in [0.25, 0.3) is 10.9 Å². The van der Waals surface area contributed by atoms with Crippen LogP contribution in [0.2, 0.25) is 0 Å². The quantitative estimate of drug-likeness (QED) is 0.719. The van der Waals surface area contributed by atoms with Crippen LogP contribution in [-0.2, 0) is 4.74 Å². The van der Waals surface area contributed by atoms with Crippen molar-refractivity contribution in [2.75, 3.05) is 13.1 Å². The van der Waals surface area contributed by atoms with Crippen LogP contribution >= 0.6 is 15.9 Å². The molecule has 2 heterocycles. The molecule has 0 unspecified atom stereocenters. The maximum Gasteiger partial charge on any atom is 0.410 e. The van der Waals surface area contributed by atoms with Gasteiger partial charge in [0.2, 0.25) is 0 Å². The Kier molecular flexibility index (Phi) is 4.55. The highest BCUT2D eigenvalue weighted by molar-refractivity contribution is 9.10. The summed E-state index contributed by atoms with van der Waals surface area (Å²) in [5.74, 6) is 0. The Labute approximate surface area is 148 Å². The number of carbonyl (C=O) groups is 1. The van der Waals surface area contributed by atoms with Crippen molar-refractivity contribution < 1.29 is 13.9 Å². The van der Waals surface area contributed by atoms with Gasteiger partial charge in [0, 0.05) is 11.9 Å². The Hall–Kier alpha value is -1.63. The van der Waals surface area contributed by atoms with Gasteiger partial charge >= 0.3 is 6.09 Å². The summed E-state index contributed by atoms with van der Waals surface area (Å²) in [5, 5.41) is 5.41. The number of likely N-dealkylation sites (tertiary alicyclic amines) is 1. The molecule has 130 valence electrons. The highest BCUT2D eigenvalue weighted by atomic mass is 79.9. The minimum Gasteiger partial charge on any atom is -0.444 e. The number of hydrogen-bond donors (Lipinski definition) is 0. The van der Waals surface area contributed by atoms with Gasteiger partial charge in [-0.2, -0.15) is 5.10 Å². The zero-order chi connectivity index (χ0) is 17.5. The van der Waals surface area contributed by atoms with Gasteiger partial charge in [-0.05, 0) is 49.2 Å². The average molecular weight is 398 g/mol. The van der Waals surface area contributed by atoms with E-state index in [0.717, 1.165) is 10.9 Å². The minimum atomic E-state index is -1.19. The molecule has 1 fully saturated rings. The zero-order valence-corrected chi connectivity index (χ0v) is 15.6. The third kappa shape index (κ3) is 3.41. The first-order chi connectivity index (χ1) is 11.3. The van der Waals surface area contributed by atoms with Crippen molar-refractivity contribution in [1.82, 2.24) is 14.7 Å². The Morgan fingerprint density at radius 3 is 2.75 bits per heavy atom. The number of benzene rings is 1. The SMILES string of the molecule is CC(C)(C)OC(=O)N1CC[C@H](n2nc(Br)c3ccccc32)[C@@H](F)C1. The number of alkyl halides is 1. The molecular formula is C17H21BrFN3O2. The lowest BCUT2D eigenvalue weighted by Gasteiger charge is -2.35. The molecule has 1 aliphatic heterocycles. The molecule has 1 amide bonds. The molecule has 2 atom stereocenters. The molecule has 24 heavy (non-hydrogen) atoms. The van der Waals surface area contributed by atoms with Crippen LogP contribution in [-0.4, -0.2) is 45.6 Å². The smallest absolute Gasteiger partial charge is 0.410 e. The van der Waals surface area contributed by atoms with E-state index in [9.17, 15) is 9.18 Å². The van der Waals surface area contributed by atoms with Crippen molar-refractivity contribution >= 4 is 32.9 Å². The van der Waals surface area contributed by atoms with Gasteiger partial charge in [-0.1, -0.05) is 18.2 Å². The van der Waals surface area contributed by atoms with E-state index in [4.69, 9.17) is 4.74 Å². The van der Waals surface area contributed by atoms with E-state index < -0.39 is 17.9 Å². The molecule has 1 aromatic heterocycles. The normalized spacial score (nSPS) is 22.0. The van der Waals surface area contributed by atoms with E-state index in [1.807, 2.05) is 24.3 Å². The maximum absolute atomic E-state index is 14.8. The second-order valence-corrected chi connectivity index (χ2v) is 7.80. The Morgan fingerprint density at radius 2 is 2.08 bits per heavy atom. The fraction of sp³-hybridized carbons (Fsp3) is 0.529. The number of carbonyl (C=O) groups excluding carboxylic acids is 1. The van der Waals surface area contributed by atoms with Crippen LogP contribution < -0.4 is 0 Å². The van der Waals surface area contributed by atoms with E-state index in [1.165, 1.54) is 4.90 Å². The van der Waals surface area contributed by atoms with Gasteiger partial charge in [-0.3, -0.25) is 4.68 Å². The first kappa shape index (κ1) is 17.2. The Bertz CT molecular complexity index is 756. The fourth-order valence-electron chi connectivity index (χ4n) is 2.96. The highest BCUT2D eigenvalue weighted by Gasteiger charge is 2.35. The molecule has 0 spiro atoms. The van der Waals surface area contributed by atoms with Crippen LogP contribution in [0, 0.1) is 0 Å². The molecule has 7 heteroatoms. The number of piperidine rings is 1. The van der Waals surface area contributed by atoms with Gasteiger partial charge in [0.15, 0.2) is 0 Å². The van der Waals surface area contributed by atoms with Crippen molar-refractivity contribution in [3.8, 4) is 0 Å². The van der Waals surface area contributed by atoms with Crippen molar-refractivity contribution in [3.63, 3.8) is 0 Å². The number of amides is 1. The third-order valence-electron chi connectivity index (χ3n) is 4.04. The van der Waals surface area contributed by atoms with Crippen molar-refractivity contribution in [2.45, 2.75) is 45.0 Å². The van der Waals surface area contributed by atoms with E-state index in [2.05, 4.69) is 21.0 Å². The van der Waals surface area contributed by atoms with Gasteiger partial charge < -0.3 is 9.64 Å². The lowest BCUT2D eigenvalue weighted by Crippen LogP contribution is -2.47. The maximum atomic E-state index is 14.8. The molecule has 0 aliphatic carbocycles. The Morgan fingerprint density at radius 1 is 1.38 bits per heavy atom. The number of para-hydroxylation sites is 1. The van der Waals surface area contributed by atoms with E-state index in [1.54, 1.807) is 25.5 Å². The number of halogens is 2. The van der Waals surface area contributed by atoms with Crippen molar-refractivity contribution in [3.05, 3.63) is 28.9 Å². The minimum absolute atomic E-state index is 0.0192. The predicted octanol–water partition coefficient (Wildman–Crippen LogP) is 4.32. The molecule has 0 radical (unpaired) electrons. The molecule has 0 saturated carbocycles. The summed E-state index contributed by atoms with van der Waals surface area (Å²) in [5.41, 5.74) is 0.311. The molecular weight excluding hydrogens is 377 g/mol. The van der Waals surface area contributed by atoms with E-state index in [0.29, 0.717) is 17.6 Å². The fourth-order valence-corrected chi connectivity index (χ4v) is 3.47. The molecule has 2 aromatic rings. The second kappa shape index (κ2) is 6.35. The lowest BCUT2D eigenvalue weighted by molar-refractivity contribution is 0.00611. The summed E-state index contributed by atoms with van der Waals surface area (Å²) >= 11 is 3.43. The molecule has 3 rings (SSSR count). The number of nitrogens with zero attached hydrogens (tertiary/aromatic N) is 3. The topological polar surface area (TPSA) is 47.4 Å². The van der Waals surface area contributed by atoms with E-state index >= 15 is 0 Å². The van der Waals surface area contributed by atoms with Crippen molar-refractivity contribution in [1.29, 1.82) is 0 Å². The molecule has 0 N–H and O–H groups in total. The summed E-state index contributed by atoms with van der Waals surface area (Å²) in [6.07, 6.45) is -1.16. The third-order valence-corrected chi connectivity index (χ3v) is 4.63.